The Morgan fingerprint density at radius 1 is 1.33 bits per heavy atom. The van der Waals surface area contributed by atoms with Gasteiger partial charge in [0.1, 0.15) is 0 Å². The summed E-state index contributed by atoms with van der Waals surface area (Å²) in [5, 5.41) is 3.58. The lowest BCUT2D eigenvalue weighted by Gasteiger charge is -2.44. The number of carbonyl (C=O) groups is 1. The van der Waals surface area contributed by atoms with E-state index in [1.807, 2.05) is 0 Å². The summed E-state index contributed by atoms with van der Waals surface area (Å²) < 4.78 is 31.4. The number of esters is 1. The maximum absolute atomic E-state index is 12.0. The summed E-state index contributed by atoms with van der Waals surface area (Å²) in [6.45, 7) is 2.69. The Morgan fingerprint density at radius 2 is 2.05 bits per heavy atom. The first kappa shape index (κ1) is 16.7. The molecule has 122 valence electrons. The number of hydrogen-bond acceptors (Lipinski definition) is 5. The van der Waals surface area contributed by atoms with Crippen molar-refractivity contribution in [3.63, 3.8) is 0 Å². The van der Waals surface area contributed by atoms with Crippen LogP contribution in [0.25, 0.3) is 0 Å². The molecule has 7 heteroatoms. The summed E-state index contributed by atoms with van der Waals surface area (Å²) in [6, 6.07) is -0.0798. The van der Waals surface area contributed by atoms with Crippen LogP contribution in [-0.4, -0.2) is 44.9 Å². The summed E-state index contributed by atoms with van der Waals surface area (Å²) in [6.07, 6.45) is 7.48. The van der Waals surface area contributed by atoms with E-state index in [2.05, 4.69) is 10.0 Å². The molecule has 1 aliphatic carbocycles. The van der Waals surface area contributed by atoms with Crippen molar-refractivity contribution in [2.45, 2.75) is 63.5 Å². The van der Waals surface area contributed by atoms with Crippen LogP contribution in [-0.2, 0) is 19.6 Å². The molecule has 2 rings (SSSR count). The summed E-state index contributed by atoms with van der Waals surface area (Å²) in [7, 11) is -3.61. The fraction of sp³-hybridized carbons (Fsp3) is 0.929. The monoisotopic (exact) mass is 318 g/mol. The predicted octanol–water partition coefficient (Wildman–Crippen LogP) is 0.924. The molecule has 2 aliphatic rings. The second-order valence-corrected chi connectivity index (χ2v) is 7.89. The summed E-state index contributed by atoms with van der Waals surface area (Å²) in [5.74, 6) is -1.27. The maximum atomic E-state index is 12.0. The van der Waals surface area contributed by atoms with Crippen molar-refractivity contribution in [2.24, 2.45) is 0 Å². The van der Waals surface area contributed by atoms with Gasteiger partial charge in [-0.2, -0.15) is 0 Å². The van der Waals surface area contributed by atoms with Gasteiger partial charge in [-0.05, 0) is 39.2 Å². The third-order valence-corrected chi connectivity index (χ3v) is 5.71. The van der Waals surface area contributed by atoms with Crippen molar-refractivity contribution in [1.82, 2.24) is 10.0 Å². The Labute approximate surface area is 127 Å². The molecule has 2 fully saturated rings. The molecule has 1 saturated heterocycles. The molecule has 1 atom stereocenters. The molecule has 6 nitrogen and oxygen atoms in total. The average Bonchev–Trinajstić information content (AvgIpc) is 2.38. The lowest BCUT2D eigenvalue weighted by Crippen LogP contribution is -2.57. The minimum Gasteiger partial charge on any atom is -0.465 e. The standard InChI is InChI=1S/C14H26N2O4S/c1-2-20-13(17)11-21(18,19)16-12-6-9-15-14(10-12)7-4-3-5-8-14/h12,15-16H,2-11H2,1H3. The quantitative estimate of drug-likeness (QED) is 0.737. The smallest absolute Gasteiger partial charge is 0.322 e. The molecule has 0 amide bonds. The van der Waals surface area contributed by atoms with Crippen molar-refractivity contribution >= 4 is 16.0 Å². The fourth-order valence-corrected chi connectivity index (χ4v) is 4.71. The van der Waals surface area contributed by atoms with Gasteiger partial charge in [0.15, 0.2) is 5.75 Å². The third kappa shape index (κ3) is 4.93. The highest BCUT2D eigenvalue weighted by Crippen LogP contribution is 2.34. The maximum Gasteiger partial charge on any atom is 0.322 e. The zero-order valence-corrected chi connectivity index (χ0v) is 13.5. The van der Waals surface area contributed by atoms with Crippen LogP contribution in [0, 0.1) is 0 Å². The van der Waals surface area contributed by atoms with Crippen LogP contribution in [0.1, 0.15) is 51.9 Å². The molecule has 1 heterocycles. The van der Waals surface area contributed by atoms with E-state index in [-0.39, 0.29) is 18.2 Å². The second-order valence-electron chi connectivity index (χ2n) is 6.14. The number of ether oxygens (including phenoxy) is 1. The highest BCUT2D eigenvalue weighted by molar-refractivity contribution is 7.90. The van der Waals surface area contributed by atoms with Crippen molar-refractivity contribution < 1.29 is 17.9 Å². The first-order chi connectivity index (χ1) is 9.95. The molecular weight excluding hydrogens is 292 g/mol. The van der Waals surface area contributed by atoms with Crippen LogP contribution in [0.2, 0.25) is 0 Å². The van der Waals surface area contributed by atoms with Crippen LogP contribution in [0.3, 0.4) is 0 Å². The van der Waals surface area contributed by atoms with E-state index in [9.17, 15) is 13.2 Å². The van der Waals surface area contributed by atoms with Gasteiger partial charge in [0.05, 0.1) is 6.61 Å². The molecule has 0 bridgehead atoms. The van der Waals surface area contributed by atoms with Gasteiger partial charge in [0, 0.05) is 11.6 Å². The molecule has 1 saturated carbocycles. The van der Waals surface area contributed by atoms with Gasteiger partial charge < -0.3 is 10.1 Å². The Hall–Kier alpha value is -0.660. The molecule has 2 N–H and O–H groups in total. The first-order valence-corrected chi connectivity index (χ1v) is 9.51. The molecule has 21 heavy (non-hydrogen) atoms. The highest BCUT2D eigenvalue weighted by atomic mass is 32.2. The normalized spacial score (nSPS) is 25.7. The van der Waals surface area contributed by atoms with E-state index >= 15 is 0 Å². The lowest BCUT2D eigenvalue weighted by molar-refractivity contribution is -0.139. The highest BCUT2D eigenvalue weighted by Gasteiger charge is 2.38. The number of hydrogen-bond donors (Lipinski definition) is 2. The van der Waals surface area contributed by atoms with E-state index in [0.717, 1.165) is 32.2 Å². The minimum atomic E-state index is -3.61. The van der Waals surface area contributed by atoms with Crippen molar-refractivity contribution in [3.8, 4) is 0 Å². The summed E-state index contributed by atoms with van der Waals surface area (Å²) in [4.78, 5) is 11.3. The Balaban J connectivity index is 1.91. The molecule has 1 spiro atoms. The fourth-order valence-electron chi connectivity index (χ4n) is 3.52. The van der Waals surface area contributed by atoms with E-state index < -0.39 is 21.7 Å². The number of sulfonamides is 1. The second kappa shape index (κ2) is 7.07. The van der Waals surface area contributed by atoms with Crippen LogP contribution < -0.4 is 10.0 Å². The average molecular weight is 318 g/mol. The van der Waals surface area contributed by atoms with Gasteiger partial charge in [0.2, 0.25) is 10.0 Å². The van der Waals surface area contributed by atoms with E-state index in [1.165, 1.54) is 19.3 Å². The van der Waals surface area contributed by atoms with Gasteiger partial charge in [-0.15, -0.1) is 0 Å². The third-order valence-electron chi connectivity index (χ3n) is 4.40. The van der Waals surface area contributed by atoms with Crippen LogP contribution >= 0.6 is 0 Å². The number of carbonyl (C=O) groups excluding carboxylic acids is 1. The molecule has 1 aliphatic heterocycles. The van der Waals surface area contributed by atoms with Crippen LogP contribution in [0.4, 0.5) is 0 Å². The zero-order valence-electron chi connectivity index (χ0n) is 12.7. The van der Waals surface area contributed by atoms with Gasteiger partial charge in [0.25, 0.3) is 0 Å². The zero-order chi connectivity index (χ0) is 15.3. The van der Waals surface area contributed by atoms with Gasteiger partial charge in [-0.1, -0.05) is 19.3 Å². The Morgan fingerprint density at radius 3 is 2.71 bits per heavy atom. The Bertz CT molecular complexity index is 452. The lowest BCUT2D eigenvalue weighted by atomic mass is 9.75. The van der Waals surface area contributed by atoms with Crippen LogP contribution in [0.15, 0.2) is 0 Å². The Kier molecular flexibility index (Phi) is 5.62. The van der Waals surface area contributed by atoms with Crippen molar-refractivity contribution in [2.75, 3.05) is 18.9 Å². The number of rotatable bonds is 5. The summed E-state index contributed by atoms with van der Waals surface area (Å²) in [5.41, 5.74) is 0.0909. The molecule has 0 aromatic heterocycles. The van der Waals surface area contributed by atoms with Gasteiger partial charge in [-0.25, -0.2) is 13.1 Å². The van der Waals surface area contributed by atoms with E-state index in [0.29, 0.717) is 0 Å². The van der Waals surface area contributed by atoms with E-state index in [4.69, 9.17) is 4.74 Å². The van der Waals surface area contributed by atoms with Gasteiger partial charge >= 0.3 is 5.97 Å². The molecule has 0 aromatic carbocycles. The number of nitrogens with one attached hydrogen (secondary N) is 2. The molecule has 1 unspecified atom stereocenters. The molecule has 0 aromatic rings. The van der Waals surface area contributed by atoms with Crippen molar-refractivity contribution in [3.05, 3.63) is 0 Å². The first-order valence-electron chi connectivity index (χ1n) is 7.85. The topological polar surface area (TPSA) is 84.5 Å². The minimum absolute atomic E-state index is 0.0798. The van der Waals surface area contributed by atoms with E-state index in [1.54, 1.807) is 6.92 Å². The number of piperidine rings is 1. The van der Waals surface area contributed by atoms with Crippen LogP contribution in [0.5, 0.6) is 0 Å². The predicted molar refractivity (Wildman–Crippen MR) is 80.4 cm³/mol. The molecular formula is C14H26N2O4S. The SMILES string of the molecule is CCOC(=O)CS(=O)(=O)NC1CCNC2(CCCCC2)C1. The van der Waals surface area contributed by atoms with Crippen molar-refractivity contribution in [1.29, 1.82) is 0 Å². The largest absolute Gasteiger partial charge is 0.465 e. The van der Waals surface area contributed by atoms with Gasteiger partial charge in [-0.3, -0.25) is 4.79 Å². The summed E-state index contributed by atoms with van der Waals surface area (Å²) >= 11 is 0. The molecule has 0 radical (unpaired) electrons.